The van der Waals surface area contributed by atoms with Gasteiger partial charge in [-0.25, -0.2) is 4.98 Å². The highest BCUT2D eigenvalue weighted by molar-refractivity contribution is 6.33. The molecule has 25 heavy (non-hydrogen) atoms. The van der Waals surface area contributed by atoms with Crippen molar-refractivity contribution in [2.75, 3.05) is 20.8 Å². The lowest BCUT2D eigenvalue weighted by atomic mass is 9.89. The minimum Gasteiger partial charge on any atom is -0.382 e. The zero-order chi connectivity index (χ0) is 17.6. The van der Waals surface area contributed by atoms with Crippen LogP contribution in [-0.4, -0.2) is 53.3 Å². The molecule has 1 aliphatic carbocycles. The molecule has 4 rings (SSSR count). The van der Waals surface area contributed by atoms with Crippen molar-refractivity contribution in [3.8, 4) is 0 Å². The molecule has 2 aliphatic rings. The largest absolute Gasteiger partial charge is 0.382 e. The molecule has 0 fully saturated rings. The molecular formula is C19H16N4O2. The summed E-state index contributed by atoms with van der Waals surface area (Å²) in [6, 6.07) is 9.21. The maximum Gasteiger partial charge on any atom is 0.215 e. The highest BCUT2D eigenvalue weighted by Crippen LogP contribution is 2.30. The second-order valence-electron chi connectivity index (χ2n) is 6.18. The van der Waals surface area contributed by atoms with E-state index in [1.807, 2.05) is 49.5 Å². The first kappa shape index (κ1) is 15.3. The van der Waals surface area contributed by atoms with Crippen LogP contribution in [0.5, 0.6) is 0 Å². The van der Waals surface area contributed by atoms with Gasteiger partial charge in [-0.2, -0.15) is 0 Å². The number of benzene rings is 1. The molecule has 0 spiro atoms. The molecule has 1 aromatic heterocycles. The first-order chi connectivity index (χ1) is 12.1. The zero-order valence-electron chi connectivity index (χ0n) is 13.9. The Hall–Kier alpha value is -3.28. The van der Waals surface area contributed by atoms with E-state index in [0.717, 1.165) is 5.39 Å². The van der Waals surface area contributed by atoms with Crippen molar-refractivity contribution in [3.63, 3.8) is 0 Å². The molecule has 0 saturated carbocycles. The van der Waals surface area contributed by atoms with Crippen LogP contribution >= 0.6 is 0 Å². The van der Waals surface area contributed by atoms with E-state index in [0.29, 0.717) is 29.0 Å². The molecule has 1 aliphatic heterocycles. The number of aromatic nitrogens is 1. The highest BCUT2D eigenvalue weighted by atomic mass is 16.1. The van der Waals surface area contributed by atoms with Crippen molar-refractivity contribution in [3.05, 3.63) is 65.3 Å². The Balaban J connectivity index is 1.88. The Morgan fingerprint density at radius 1 is 1.16 bits per heavy atom. The SMILES string of the molecule is CN(C)/C=C/N1CN=CC2=C1C(=O)c1cc3ccccc3nc1C2=O. The average Bonchev–Trinajstić information content (AvgIpc) is 2.63. The topological polar surface area (TPSA) is 65.9 Å². The molecule has 0 atom stereocenters. The number of fused-ring (bicyclic) bond motifs is 2. The number of Topliss-reactive ketones (excluding diaryl/α,β-unsaturated/α-hetero) is 2. The van der Waals surface area contributed by atoms with Gasteiger partial charge in [-0.3, -0.25) is 14.6 Å². The molecule has 1 aromatic carbocycles. The van der Waals surface area contributed by atoms with E-state index in [-0.39, 0.29) is 17.3 Å². The van der Waals surface area contributed by atoms with Gasteiger partial charge in [0, 0.05) is 38.1 Å². The van der Waals surface area contributed by atoms with Crippen LogP contribution in [0.25, 0.3) is 10.9 Å². The maximum atomic E-state index is 13.1. The Bertz CT molecular complexity index is 1000. The minimum absolute atomic E-state index is 0.197. The van der Waals surface area contributed by atoms with E-state index in [2.05, 4.69) is 9.98 Å². The normalized spacial score (nSPS) is 16.6. The number of carbonyl (C=O) groups is 2. The summed E-state index contributed by atoms with van der Waals surface area (Å²) in [6.45, 7) is 0.304. The summed E-state index contributed by atoms with van der Waals surface area (Å²) >= 11 is 0. The van der Waals surface area contributed by atoms with Crippen LogP contribution in [0.2, 0.25) is 0 Å². The summed E-state index contributed by atoms with van der Waals surface area (Å²) in [7, 11) is 3.77. The lowest BCUT2D eigenvalue weighted by Crippen LogP contribution is -2.35. The van der Waals surface area contributed by atoms with Crippen molar-refractivity contribution in [1.82, 2.24) is 14.8 Å². The van der Waals surface area contributed by atoms with Crippen LogP contribution in [-0.2, 0) is 0 Å². The van der Waals surface area contributed by atoms with Gasteiger partial charge in [-0.15, -0.1) is 0 Å². The molecule has 124 valence electrons. The second kappa shape index (κ2) is 5.66. The molecule has 0 radical (unpaired) electrons. The maximum absolute atomic E-state index is 13.1. The fourth-order valence-corrected chi connectivity index (χ4v) is 2.98. The van der Waals surface area contributed by atoms with Gasteiger partial charge in [0.1, 0.15) is 18.1 Å². The number of rotatable bonds is 2. The molecule has 0 unspecified atom stereocenters. The molecule has 6 nitrogen and oxygen atoms in total. The molecular weight excluding hydrogens is 316 g/mol. The third-order valence-electron chi connectivity index (χ3n) is 4.18. The lowest BCUT2D eigenvalue weighted by molar-refractivity contribution is 0.0952. The fourth-order valence-electron chi connectivity index (χ4n) is 2.98. The van der Waals surface area contributed by atoms with Crippen molar-refractivity contribution < 1.29 is 9.59 Å². The fraction of sp³-hybridized carbons (Fsp3) is 0.158. The van der Waals surface area contributed by atoms with Gasteiger partial charge in [0.2, 0.25) is 11.6 Å². The third-order valence-corrected chi connectivity index (χ3v) is 4.18. The van der Waals surface area contributed by atoms with E-state index in [9.17, 15) is 9.59 Å². The quantitative estimate of drug-likeness (QED) is 0.844. The summed E-state index contributed by atoms with van der Waals surface area (Å²) in [6.07, 6.45) is 5.06. The highest BCUT2D eigenvalue weighted by Gasteiger charge is 2.36. The number of para-hydroxylation sites is 1. The first-order valence-electron chi connectivity index (χ1n) is 7.91. The van der Waals surface area contributed by atoms with E-state index < -0.39 is 0 Å². The standard InChI is InChI=1S/C19H16N4O2/c1-22(2)7-8-23-11-20-10-14-17(23)19(25)13-9-12-5-3-4-6-15(12)21-16(13)18(14)24/h3-10H,11H2,1-2H3/b8-7+. The predicted octanol–water partition coefficient (Wildman–Crippen LogP) is 2.24. The Labute approximate surface area is 144 Å². The second-order valence-corrected chi connectivity index (χ2v) is 6.18. The van der Waals surface area contributed by atoms with Crippen LogP contribution in [0, 0.1) is 0 Å². The third kappa shape index (κ3) is 2.42. The smallest absolute Gasteiger partial charge is 0.215 e. The number of nitrogens with zero attached hydrogens (tertiary/aromatic N) is 4. The lowest BCUT2D eigenvalue weighted by Gasteiger charge is -2.29. The summed E-state index contributed by atoms with van der Waals surface area (Å²) in [4.78, 5) is 38.2. The monoisotopic (exact) mass is 332 g/mol. The predicted molar refractivity (Wildman–Crippen MR) is 95.5 cm³/mol. The van der Waals surface area contributed by atoms with E-state index >= 15 is 0 Å². The van der Waals surface area contributed by atoms with E-state index in [1.54, 1.807) is 17.2 Å². The number of carbonyl (C=O) groups excluding carboxylic acids is 2. The van der Waals surface area contributed by atoms with Gasteiger partial charge in [0.05, 0.1) is 16.7 Å². The Morgan fingerprint density at radius 3 is 2.76 bits per heavy atom. The summed E-state index contributed by atoms with van der Waals surface area (Å²) in [5, 5.41) is 0.839. The number of aliphatic imine (C=N–C) groups is 1. The van der Waals surface area contributed by atoms with Gasteiger partial charge in [0.15, 0.2) is 0 Å². The molecule has 0 amide bonds. The molecule has 0 N–H and O–H groups in total. The molecule has 2 aromatic rings. The van der Waals surface area contributed by atoms with Gasteiger partial charge in [0.25, 0.3) is 0 Å². The van der Waals surface area contributed by atoms with Crippen molar-refractivity contribution >= 4 is 28.7 Å². The van der Waals surface area contributed by atoms with Crippen LogP contribution < -0.4 is 0 Å². The van der Waals surface area contributed by atoms with E-state index in [4.69, 9.17) is 0 Å². The van der Waals surface area contributed by atoms with Gasteiger partial charge in [-0.05, 0) is 12.1 Å². The summed E-state index contributed by atoms with van der Waals surface area (Å²) < 4.78 is 0. The summed E-state index contributed by atoms with van der Waals surface area (Å²) in [5.41, 5.74) is 1.91. The number of hydrogen-bond donors (Lipinski definition) is 0. The number of ketones is 2. The number of allylic oxidation sites excluding steroid dienone is 2. The van der Waals surface area contributed by atoms with Crippen LogP contribution in [0.4, 0.5) is 0 Å². The minimum atomic E-state index is -0.262. The summed E-state index contributed by atoms with van der Waals surface area (Å²) in [5.74, 6) is -0.459. The molecule has 0 saturated heterocycles. The van der Waals surface area contributed by atoms with Gasteiger partial charge < -0.3 is 9.80 Å². The molecule has 6 heteroatoms. The van der Waals surface area contributed by atoms with Crippen LogP contribution in [0.3, 0.4) is 0 Å². The number of hydrogen-bond acceptors (Lipinski definition) is 6. The van der Waals surface area contributed by atoms with Crippen molar-refractivity contribution in [2.24, 2.45) is 4.99 Å². The van der Waals surface area contributed by atoms with Crippen LogP contribution in [0.1, 0.15) is 20.8 Å². The molecule has 2 heterocycles. The van der Waals surface area contributed by atoms with Crippen LogP contribution in [0.15, 0.2) is 59.0 Å². The van der Waals surface area contributed by atoms with Gasteiger partial charge in [-0.1, -0.05) is 18.2 Å². The Morgan fingerprint density at radius 2 is 1.96 bits per heavy atom. The number of pyridine rings is 1. The van der Waals surface area contributed by atoms with E-state index in [1.165, 1.54) is 6.21 Å². The Kier molecular flexibility index (Phi) is 3.46. The zero-order valence-corrected chi connectivity index (χ0v) is 13.9. The average molecular weight is 332 g/mol. The first-order valence-corrected chi connectivity index (χ1v) is 7.91. The van der Waals surface area contributed by atoms with Crippen molar-refractivity contribution in [1.29, 1.82) is 0 Å². The molecule has 0 bridgehead atoms. The van der Waals surface area contributed by atoms with Gasteiger partial charge >= 0.3 is 0 Å². The van der Waals surface area contributed by atoms with Crippen molar-refractivity contribution in [2.45, 2.75) is 0 Å².